The lowest BCUT2D eigenvalue weighted by atomic mass is 10.0. The Morgan fingerprint density at radius 3 is 2.54 bits per heavy atom. The molecule has 1 heterocycles. The predicted octanol–water partition coefficient (Wildman–Crippen LogP) is 2.85. The van der Waals surface area contributed by atoms with Crippen LogP contribution in [-0.2, 0) is 9.59 Å². The second kappa shape index (κ2) is 7.69. The molecule has 1 saturated carbocycles. The lowest BCUT2D eigenvalue weighted by molar-refractivity contribution is -0.126. The fourth-order valence-electron chi connectivity index (χ4n) is 3.48. The maximum Gasteiger partial charge on any atom is 0.243 e. The van der Waals surface area contributed by atoms with Crippen LogP contribution in [0.5, 0.6) is 5.75 Å². The number of amides is 2. The number of hydrogen-bond acceptors (Lipinski definition) is 3. The zero-order chi connectivity index (χ0) is 16.9. The second-order valence-corrected chi connectivity index (χ2v) is 6.72. The van der Waals surface area contributed by atoms with E-state index in [4.69, 9.17) is 4.74 Å². The van der Waals surface area contributed by atoms with Crippen molar-refractivity contribution in [2.24, 2.45) is 0 Å². The van der Waals surface area contributed by atoms with Crippen molar-refractivity contribution in [3.8, 4) is 5.75 Å². The number of rotatable bonds is 6. The van der Waals surface area contributed by atoms with E-state index in [1.165, 1.54) is 12.8 Å². The minimum absolute atomic E-state index is 0.0448. The third kappa shape index (κ3) is 4.08. The van der Waals surface area contributed by atoms with Gasteiger partial charge in [-0.05, 0) is 56.2 Å². The Bertz CT molecular complexity index is 579. The van der Waals surface area contributed by atoms with Crippen molar-refractivity contribution in [2.45, 2.75) is 70.1 Å². The third-order valence-corrected chi connectivity index (χ3v) is 4.92. The molecule has 0 aromatic heterocycles. The van der Waals surface area contributed by atoms with Crippen molar-refractivity contribution in [1.29, 1.82) is 0 Å². The molecule has 0 bridgehead atoms. The highest BCUT2D eigenvalue weighted by molar-refractivity contribution is 5.90. The van der Waals surface area contributed by atoms with Crippen LogP contribution < -0.4 is 15.4 Å². The van der Waals surface area contributed by atoms with E-state index in [0.29, 0.717) is 18.9 Å². The van der Waals surface area contributed by atoms with Crippen LogP contribution in [0.2, 0.25) is 0 Å². The number of carbonyl (C=O) groups excluding carboxylic acids is 2. The highest BCUT2D eigenvalue weighted by atomic mass is 16.5. The fourth-order valence-corrected chi connectivity index (χ4v) is 3.48. The molecule has 2 atom stereocenters. The molecule has 2 fully saturated rings. The molecule has 2 N–H and O–H groups in total. The molecule has 1 aromatic rings. The number of hydrogen-bond donors (Lipinski definition) is 2. The summed E-state index contributed by atoms with van der Waals surface area (Å²) < 4.78 is 5.98. The molecule has 24 heavy (non-hydrogen) atoms. The monoisotopic (exact) mass is 330 g/mol. The van der Waals surface area contributed by atoms with Gasteiger partial charge in [0.25, 0.3) is 0 Å². The molecule has 1 aliphatic heterocycles. The second-order valence-electron chi connectivity index (χ2n) is 6.72. The van der Waals surface area contributed by atoms with E-state index >= 15 is 0 Å². The highest BCUT2D eigenvalue weighted by Crippen LogP contribution is 2.26. The molecule has 5 nitrogen and oxygen atoms in total. The third-order valence-electron chi connectivity index (χ3n) is 4.92. The van der Waals surface area contributed by atoms with Crippen molar-refractivity contribution in [3.05, 3.63) is 29.8 Å². The van der Waals surface area contributed by atoms with Crippen LogP contribution >= 0.6 is 0 Å². The lowest BCUT2D eigenvalue weighted by Crippen LogP contribution is -2.42. The Hall–Kier alpha value is -2.04. The Kier molecular flexibility index (Phi) is 5.38. The first-order valence-electron chi connectivity index (χ1n) is 9.02. The average molecular weight is 330 g/mol. The molecule has 1 aliphatic carbocycles. The van der Waals surface area contributed by atoms with Crippen molar-refractivity contribution < 1.29 is 14.3 Å². The van der Waals surface area contributed by atoms with Crippen LogP contribution in [0, 0.1) is 0 Å². The van der Waals surface area contributed by atoms with Gasteiger partial charge in [0.05, 0.1) is 12.1 Å². The van der Waals surface area contributed by atoms with Crippen molar-refractivity contribution >= 4 is 11.8 Å². The molecular weight excluding hydrogens is 304 g/mol. The van der Waals surface area contributed by atoms with Crippen molar-refractivity contribution in [1.82, 2.24) is 10.6 Å². The summed E-state index contributed by atoms with van der Waals surface area (Å²) in [6, 6.07) is 7.57. The van der Waals surface area contributed by atoms with Crippen LogP contribution in [0.4, 0.5) is 0 Å². The Morgan fingerprint density at radius 2 is 1.96 bits per heavy atom. The average Bonchev–Trinajstić information content (AvgIpc) is 3.25. The van der Waals surface area contributed by atoms with Gasteiger partial charge in [0.2, 0.25) is 11.8 Å². The van der Waals surface area contributed by atoms with E-state index in [1.54, 1.807) is 0 Å². The van der Waals surface area contributed by atoms with Gasteiger partial charge in [0.15, 0.2) is 0 Å². The molecule has 2 aliphatic rings. The highest BCUT2D eigenvalue weighted by Gasteiger charge is 2.28. The van der Waals surface area contributed by atoms with Gasteiger partial charge in [-0.2, -0.15) is 0 Å². The number of nitrogens with one attached hydrogen (secondary N) is 2. The van der Waals surface area contributed by atoms with Crippen molar-refractivity contribution in [2.75, 3.05) is 0 Å². The van der Waals surface area contributed by atoms with Gasteiger partial charge in [0.1, 0.15) is 11.8 Å². The molecule has 5 heteroatoms. The topological polar surface area (TPSA) is 67.4 Å². The zero-order valence-corrected chi connectivity index (χ0v) is 14.2. The van der Waals surface area contributed by atoms with Crippen LogP contribution in [0.1, 0.15) is 63.5 Å². The molecule has 1 aromatic carbocycles. The molecule has 2 amide bonds. The zero-order valence-electron chi connectivity index (χ0n) is 14.2. The summed E-state index contributed by atoms with van der Waals surface area (Å²) in [5.74, 6) is 0.755. The molecule has 3 rings (SSSR count). The van der Waals surface area contributed by atoms with Crippen LogP contribution in [-0.4, -0.2) is 24.0 Å². The van der Waals surface area contributed by atoms with Crippen molar-refractivity contribution in [3.63, 3.8) is 0 Å². The first-order chi connectivity index (χ1) is 11.7. The molecule has 1 saturated heterocycles. The molecule has 2 unspecified atom stereocenters. The van der Waals surface area contributed by atoms with E-state index < -0.39 is 6.04 Å². The SMILES string of the molecule is CCC(NC(=O)C1CCC(=O)N1)c1ccc(OC2CCCC2)cc1. The Balaban J connectivity index is 1.58. The summed E-state index contributed by atoms with van der Waals surface area (Å²) in [7, 11) is 0. The smallest absolute Gasteiger partial charge is 0.243 e. The predicted molar refractivity (Wildman–Crippen MR) is 91.7 cm³/mol. The first-order valence-corrected chi connectivity index (χ1v) is 9.02. The van der Waals surface area contributed by atoms with E-state index in [-0.39, 0.29) is 17.9 Å². The molecule has 0 radical (unpaired) electrons. The summed E-state index contributed by atoms with van der Waals surface area (Å²) in [5.41, 5.74) is 1.06. The van der Waals surface area contributed by atoms with Crippen LogP contribution in [0.3, 0.4) is 0 Å². The first kappa shape index (κ1) is 16.8. The normalized spacial score (nSPS) is 22.2. The minimum Gasteiger partial charge on any atom is -0.490 e. The summed E-state index contributed by atoms with van der Waals surface area (Å²) in [4.78, 5) is 23.5. The number of ether oxygens (including phenoxy) is 1. The Labute approximate surface area is 143 Å². The van der Waals surface area contributed by atoms with Gasteiger partial charge < -0.3 is 15.4 Å². The number of carbonyl (C=O) groups is 2. The quantitative estimate of drug-likeness (QED) is 0.843. The van der Waals surface area contributed by atoms with Crippen LogP contribution in [0.15, 0.2) is 24.3 Å². The largest absolute Gasteiger partial charge is 0.490 e. The maximum atomic E-state index is 12.3. The number of benzene rings is 1. The minimum atomic E-state index is -0.392. The van der Waals surface area contributed by atoms with E-state index in [9.17, 15) is 9.59 Å². The summed E-state index contributed by atoms with van der Waals surface area (Å²) in [5, 5.41) is 5.76. The molecule has 130 valence electrons. The van der Waals surface area contributed by atoms with Crippen LogP contribution in [0.25, 0.3) is 0 Å². The molecular formula is C19H26N2O3. The van der Waals surface area contributed by atoms with Gasteiger partial charge in [-0.1, -0.05) is 19.1 Å². The van der Waals surface area contributed by atoms with Gasteiger partial charge in [-0.15, -0.1) is 0 Å². The summed E-state index contributed by atoms with van der Waals surface area (Å²) in [6.45, 7) is 2.04. The van der Waals surface area contributed by atoms with Gasteiger partial charge in [-0.25, -0.2) is 0 Å². The fraction of sp³-hybridized carbons (Fsp3) is 0.579. The van der Waals surface area contributed by atoms with E-state index in [1.807, 2.05) is 31.2 Å². The van der Waals surface area contributed by atoms with Gasteiger partial charge in [0, 0.05) is 6.42 Å². The standard InChI is InChI=1S/C19H26N2O3/c1-2-16(21-19(23)17-11-12-18(22)20-17)13-7-9-15(10-8-13)24-14-5-3-4-6-14/h7-10,14,16-17H,2-6,11-12H2,1H3,(H,20,22)(H,21,23). The van der Waals surface area contributed by atoms with Gasteiger partial charge in [-0.3, -0.25) is 9.59 Å². The van der Waals surface area contributed by atoms with E-state index in [0.717, 1.165) is 30.6 Å². The Morgan fingerprint density at radius 1 is 1.25 bits per heavy atom. The maximum absolute atomic E-state index is 12.3. The summed E-state index contributed by atoms with van der Waals surface area (Å²) >= 11 is 0. The molecule has 0 spiro atoms. The summed E-state index contributed by atoms with van der Waals surface area (Å²) in [6.07, 6.45) is 6.95. The van der Waals surface area contributed by atoms with Gasteiger partial charge >= 0.3 is 0 Å². The lowest BCUT2D eigenvalue weighted by Gasteiger charge is -2.20. The van der Waals surface area contributed by atoms with E-state index in [2.05, 4.69) is 10.6 Å².